The Balaban J connectivity index is 1.85. The first-order valence-corrected chi connectivity index (χ1v) is 7.59. The lowest BCUT2D eigenvalue weighted by Crippen LogP contribution is -2.35. The second-order valence-electron chi connectivity index (χ2n) is 5.64. The van der Waals surface area contributed by atoms with Gasteiger partial charge in [-0.3, -0.25) is 9.59 Å². The first-order valence-electron chi connectivity index (χ1n) is 7.59. The van der Waals surface area contributed by atoms with Gasteiger partial charge in [-0.15, -0.1) is 0 Å². The van der Waals surface area contributed by atoms with E-state index in [-0.39, 0.29) is 21.8 Å². The summed E-state index contributed by atoms with van der Waals surface area (Å²) < 4.78 is 38.6. The van der Waals surface area contributed by atoms with Gasteiger partial charge < -0.3 is 4.84 Å². The number of hydrogen-bond acceptors (Lipinski definition) is 4. The predicted molar refractivity (Wildman–Crippen MR) is 82.9 cm³/mol. The number of hydrogen-bond donors (Lipinski definition) is 0. The van der Waals surface area contributed by atoms with E-state index in [1.807, 2.05) is 0 Å². The van der Waals surface area contributed by atoms with Crippen LogP contribution in [0.2, 0.25) is 0 Å². The lowest BCUT2D eigenvalue weighted by atomic mass is 9.96. The number of carbonyl (C=O) groups is 3. The third kappa shape index (κ3) is 3.44. The molecule has 0 fully saturated rings. The van der Waals surface area contributed by atoms with Gasteiger partial charge in [0.2, 0.25) is 0 Å². The average Bonchev–Trinajstić information content (AvgIpc) is 2.85. The minimum Gasteiger partial charge on any atom is -0.329 e. The van der Waals surface area contributed by atoms with Gasteiger partial charge in [-0.2, -0.15) is 13.2 Å². The topological polar surface area (TPSA) is 63.7 Å². The molecule has 0 bridgehead atoms. The predicted octanol–water partition coefficient (Wildman–Crippen LogP) is 3.48. The lowest BCUT2D eigenvalue weighted by molar-refractivity contribution is -0.180. The quantitative estimate of drug-likeness (QED) is 0.781. The zero-order valence-electron chi connectivity index (χ0n) is 13.2. The molecular formula is C18H12F3NO4. The number of fused-ring (bicyclic) bond motifs is 1. The Hall–Kier alpha value is -3.16. The highest BCUT2D eigenvalue weighted by molar-refractivity contribution is 6.20. The van der Waals surface area contributed by atoms with Crippen molar-refractivity contribution in [1.29, 1.82) is 0 Å². The van der Waals surface area contributed by atoms with Gasteiger partial charge in [0.15, 0.2) is 0 Å². The highest BCUT2D eigenvalue weighted by atomic mass is 19.4. The molecule has 0 radical (unpaired) electrons. The summed E-state index contributed by atoms with van der Waals surface area (Å²) >= 11 is 0. The Bertz CT molecular complexity index is 829. The van der Waals surface area contributed by atoms with Crippen LogP contribution in [0.1, 0.15) is 38.6 Å². The van der Waals surface area contributed by atoms with E-state index < -0.39 is 36.3 Å². The summed E-state index contributed by atoms with van der Waals surface area (Å²) in [5.74, 6) is -4.81. The van der Waals surface area contributed by atoms with Crippen LogP contribution in [0.4, 0.5) is 13.2 Å². The Labute approximate surface area is 145 Å². The maximum absolute atomic E-state index is 12.9. The van der Waals surface area contributed by atoms with Crippen molar-refractivity contribution in [2.24, 2.45) is 0 Å². The molecule has 0 saturated carbocycles. The molecule has 2 amide bonds. The van der Waals surface area contributed by atoms with Gasteiger partial charge in [-0.05, 0) is 17.7 Å². The third-order valence-electron chi connectivity index (χ3n) is 3.86. The fourth-order valence-corrected chi connectivity index (χ4v) is 2.66. The van der Waals surface area contributed by atoms with Crippen molar-refractivity contribution in [3.8, 4) is 0 Å². The number of amides is 2. The van der Waals surface area contributed by atoms with E-state index in [9.17, 15) is 27.6 Å². The fourth-order valence-electron chi connectivity index (χ4n) is 2.66. The lowest BCUT2D eigenvalue weighted by Gasteiger charge is -2.20. The number of imide groups is 1. The van der Waals surface area contributed by atoms with E-state index in [1.165, 1.54) is 48.5 Å². The van der Waals surface area contributed by atoms with Crippen molar-refractivity contribution < 1.29 is 32.4 Å². The van der Waals surface area contributed by atoms with Crippen LogP contribution < -0.4 is 0 Å². The monoisotopic (exact) mass is 363 g/mol. The molecule has 5 nitrogen and oxygen atoms in total. The molecule has 2 aromatic rings. The molecular weight excluding hydrogens is 351 g/mol. The minimum absolute atomic E-state index is 0.0254. The van der Waals surface area contributed by atoms with E-state index in [1.54, 1.807) is 6.07 Å². The molecule has 0 aliphatic carbocycles. The molecule has 0 N–H and O–H groups in total. The first-order chi connectivity index (χ1) is 12.3. The molecule has 0 saturated heterocycles. The van der Waals surface area contributed by atoms with E-state index >= 15 is 0 Å². The van der Waals surface area contributed by atoms with Crippen molar-refractivity contribution in [3.05, 3.63) is 71.3 Å². The molecule has 134 valence electrons. The summed E-state index contributed by atoms with van der Waals surface area (Å²) in [5, 5.41) is 0.208. The molecule has 1 aliphatic heterocycles. The van der Waals surface area contributed by atoms with E-state index in [0.717, 1.165) is 0 Å². The van der Waals surface area contributed by atoms with Crippen molar-refractivity contribution in [3.63, 3.8) is 0 Å². The van der Waals surface area contributed by atoms with E-state index in [0.29, 0.717) is 0 Å². The van der Waals surface area contributed by atoms with Crippen LogP contribution in [0, 0.1) is 0 Å². The van der Waals surface area contributed by atoms with Crippen LogP contribution in [0.15, 0.2) is 54.6 Å². The summed E-state index contributed by atoms with van der Waals surface area (Å²) in [6, 6.07) is 13.0. The number of hydroxylamine groups is 2. The second kappa shape index (κ2) is 6.62. The van der Waals surface area contributed by atoms with Gasteiger partial charge in [-0.25, -0.2) is 4.79 Å². The highest BCUT2D eigenvalue weighted by Gasteiger charge is 2.42. The Morgan fingerprint density at radius 3 is 1.92 bits per heavy atom. The normalized spacial score (nSPS) is 15.0. The molecule has 2 aromatic carbocycles. The van der Waals surface area contributed by atoms with Gasteiger partial charge in [-0.1, -0.05) is 47.5 Å². The number of carbonyl (C=O) groups excluding carboxylic acids is 3. The van der Waals surface area contributed by atoms with Crippen LogP contribution in [-0.2, 0) is 9.63 Å². The fraction of sp³-hybridized carbons (Fsp3) is 0.167. The standard InChI is InChI=1S/C18H12F3NO4/c19-18(20,21)10-14(11-6-2-1-3-7-11)17(25)26-22-15(23)12-8-4-5-9-13(12)16(22)24/h1-9,14H,10H2. The summed E-state index contributed by atoms with van der Waals surface area (Å²) in [5.41, 5.74) is 0.126. The summed E-state index contributed by atoms with van der Waals surface area (Å²) in [6.07, 6.45) is -6.11. The van der Waals surface area contributed by atoms with Crippen molar-refractivity contribution >= 4 is 17.8 Å². The molecule has 8 heteroatoms. The van der Waals surface area contributed by atoms with Crippen molar-refractivity contribution in [1.82, 2.24) is 5.06 Å². The Morgan fingerprint density at radius 2 is 1.42 bits per heavy atom. The van der Waals surface area contributed by atoms with Crippen molar-refractivity contribution in [2.75, 3.05) is 0 Å². The molecule has 0 aromatic heterocycles. The van der Waals surface area contributed by atoms with Crippen LogP contribution in [0.3, 0.4) is 0 Å². The van der Waals surface area contributed by atoms with Crippen molar-refractivity contribution in [2.45, 2.75) is 18.5 Å². The molecule has 1 heterocycles. The number of alkyl halides is 3. The average molecular weight is 363 g/mol. The first kappa shape index (κ1) is 17.7. The highest BCUT2D eigenvalue weighted by Crippen LogP contribution is 2.33. The largest absolute Gasteiger partial charge is 0.390 e. The molecule has 1 atom stereocenters. The zero-order chi connectivity index (χ0) is 18.9. The molecule has 26 heavy (non-hydrogen) atoms. The van der Waals surface area contributed by atoms with Gasteiger partial charge in [0.25, 0.3) is 11.8 Å². The Morgan fingerprint density at radius 1 is 0.923 bits per heavy atom. The van der Waals surface area contributed by atoms with Crippen LogP contribution >= 0.6 is 0 Å². The van der Waals surface area contributed by atoms with Crippen LogP contribution in [0.25, 0.3) is 0 Å². The number of nitrogens with zero attached hydrogens (tertiary/aromatic N) is 1. The summed E-state index contributed by atoms with van der Waals surface area (Å²) in [4.78, 5) is 41.5. The van der Waals surface area contributed by atoms with E-state index in [2.05, 4.69) is 0 Å². The molecule has 3 rings (SSSR count). The summed E-state index contributed by atoms with van der Waals surface area (Å²) in [6.45, 7) is 0. The summed E-state index contributed by atoms with van der Waals surface area (Å²) in [7, 11) is 0. The van der Waals surface area contributed by atoms with Crippen LogP contribution in [0.5, 0.6) is 0 Å². The minimum atomic E-state index is -4.64. The van der Waals surface area contributed by atoms with Gasteiger partial charge >= 0.3 is 12.1 Å². The van der Waals surface area contributed by atoms with Gasteiger partial charge in [0.05, 0.1) is 23.5 Å². The molecule has 1 unspecified atom stereocenters. The number of halogens is 3. The SMILES string of the molecule is O=C(ON1C(=O)c2ccccc2C1=O)C(CC(F)(F)F)c1ccccc1. The Kier molecular flexibility index (Phi) is 4.50. The maximum atomic E-state index is 12.9. The van der Waals surface area contributed by atoms with Crippen LogP contribution in [-0.4, -0.2) is 29.0 Å². The number of benzene rings is 2. The van der Waals surface area contributed by atoms with E-state index in [4.69, 9.17) is 4.84 Å². The zero-order valence-corrected chi connectivity index (χ0v) is 13.2. The second-order valence-corrected chi connectivity index (χ2v) is 5.64. The van der Waals surface area contributed by atoms with Gasteiger partial charge in [0.1, 0.15) is 0 Å². The smallest absolute Gasteiger partial charge is 0.329 e. The van der Waals surface area contributed by atoms with Gasteiger partial charge in [0, 0.05) is 0 Å². The number of rotatable bonds is 4. The molecule has 0 spiro atoms. The molecule has 1 aliphatic rings. The maximum Gasteiger partial charge on any atom is 0.390 e. The third-order valence-corrected chi connectivity index (χ3v) is 3.86.